The highest BCUT2D eigenvalue weighted by Gasteiger charge is 2.25. The van der Waals surface area contributed by atoms with Gasteiger partial charge in [0.2, 0.25) is 15.9 Å². The van der Waals surface area contributed by atoms with E-state index in [1.54, 1.807) is 4.72 Å². The summed E-state index contributed by atoms with van der Waals surface area (Å²) in [7, 11) is -4.38. The van der Waals surface area contributed by atoms with Crippen molar-refractivity contribution >= 4 is 37.8 Å². The van der Waals surface area contributed by atoms with Crippen molar-refractivity contribution in [2.75, 3.05) is 6.54 Å². The molecule has 1 amide bonds. The molecule has 0 aliphatic rings. The van der Waals surface area contributed by atoms with Crippen molar-refractivity contribution < 1.29 is 27.5 Å². The molecule has 104 valence electrons. The molecule has 0 atom stereocenters. The Balaban J connectivity index is 3.34. The fourth-order valence-electron chi connectivity index (χ4n) is 1.16. The molecule has 1 aromatic rings. The normalized spacial score (nSPS) is 11.3. The van der Waals surface area contributed by atoms with Gasteiger partial charge in [-0.15, -0.1) is 0 Å². The Labute approximate surface area is 115 Å². The van der Waals surface area contributed by atoms with E-state index in [4.69, 9.17) is 10.8 Å². The molecule has 0 spiro atoms. The van der Waals surface area contributed by atoms with Crippen LogP contribution in [0.2, 0.25) is 0 Å². The highest BCUT2D eigenvalue weighted by molar-refractivity contribution is 9.10. The summed E-state index contributed by atoms with van der Waals surface area (Å²) in [4.78, 5) is 20.4. The molecule has 10 heteroatoms. The second-order valence-electron chi connectivity index (χ2n) is 3.36. The van der Waals surface area contributed by atoms with E-state index in [1.807, 2.05) is 0 Å². The minimum atomic E-state index is -4.38. The van der Waals surface area contributed by atoms with E-state index in [1.165, 1.54) is 0 Å². The number of hydrogen-bond acceptors (Lipinski definition) is 4. The van der Waals surface area contributed by atoms with Gasteiger partial charge in [0.1, 0.15) is 4.90 Å². The molecule has 19 heavy (non-hydrogen) atoms. The first-order valence-corrected chi connectivity index (χ1v) is 6.93. The quantitative estimate of drug-likeness (QED) is 0.688. The summed E-state index contributed by atoms with van der Waals surface area (Å²) in [5.74, 6) is -4.00. The zero-order chi connectivity index (χ0) is 14.8. The molecule has 1 rings (SSSR count). The van der Waals surface area contributed by atoms with Crippen LogP contribution in [-0.4, -0.2) is 31.9 Å². The Morgan fingerprint density at radius 2 is 2.00 bits per heavy atom. The van der Waals surface area contributed by atoms with Gasteiger partial charge in [0, 0.05) is 4.47 Å². The van der Waals surface area contributed by atoms with Crippen LogP contribution in [0.15, 0.2) is 21.5 Å². The maximum absolute atomic E-state index is 13.8. The molecule has 0 saturated carbocycles. The number of rotatable bonds is 5. The molecule has 0 bridgehead atoms. The molecular weight excluding hydrogens is 347 g/mol. The van der Waals surface area contributed by atoms with Crippen LogP contribution < -0.4 is 10.5 Å². The zero-order valence-electron chi connectivity index (χ0n) is 9.18. The van der Waals surface area contributed by atoms with Gasteiger partial charge in [-0.25, -0.2) is 22.3 Å². The predicted molar refractivity (Wildman–Crippen MR) is 65.4 cm³/mol. The van der Waals surface area contributed by atoms with Crippen molar-refractivity contribution in [2.24, 2.45) is 5.73 Å². The first kappa shape index (κ1) is 15.5. The lowest BCUT2D eigenvalue weighted by atomic mass is 10.2. The van der Waals surface area contributed by atoms with Crippen molar-refractivity contribution in [1.29, 1.82) is 0 Å². The van der Waals surface area contributed by atoms with Gasteiger partial charge in [0.15, 0.2) is 5.82 Å². The SMILES string of the molecule is NC(=O)CNS(=O)(=O)c1cc(Br)cc(C(=O)O)c1F. The van der Waals surface area contributed by atoms with Crippen LogP contribution in [0.4, 0.5) is 4.39 Å². The van der Waals surface area contributed by atoms with Crippen molar-refractivity contribution in [1.82, 2.24) is 4.72 Å². The van der Waals surface area contributed by atoms with Crippen LogP contribution in [0.5, 0.6) is 0 Å². The van der Waals surface area contributed by atoms with E-state index in [0.717, 1.165) is 12.1 Å². The number of carbonyl (C=O) groups is 2. The minimum Gasteiger partial charge on any atom is -0.478 e. The topological polar surface area (TPSA) is 127 Å². The highest BCUT2D eigenvalue weighted by Crippen LogP contribution is 2.24. The zero-order valence-corrected chi connectivity index (χ0v) is 11.6. The van der Waals surface area contributed by atoms with Gasteiger partial charge in [-0.2, -0.15) is 0 Å². The number of carbonyl (C=O) groups excluding carboxylic acids is 1. The van der Waals surface area contributed by atoms with E-state index >= 15 is 0 Å². The smallest absolute Gasteiger partial charge is 0.338 e. The number of hydrogen-bond donors (Lipinski definition) is 3. The Morgan fingerprint density at radius 1 is 1.42 bits per heavy atom. The van der Waals surface area contributed by atoms with Gasteiger partial charge in [-0.3, -0.25) is 4.79 Å². The van der Waals surface area contributed by atoms with Crippen LogP contribution in [0, 0.1) is 5.82 Å². The van der Waals surface area contributed by atoms with Gasteiger partial charge in [0.25, 0.3) is 0 Å². The number of amides is 1. The molecule has 4 N–H and O–H groups in total. The molecule has 0 heterocycles. The van der Waals surface area contributed by atoms with Crippen molar-refractivity contribution in [3.8, 4) is 0 Å². The average Bonchev–Trinajstić information content (AvgIpc) is 2.28. The summed E-state index contributed by atoms with van der Waals surface area (Å²) in [5, 5.41) is 8.75. The Hall–Kier alpha value is -1.52. The van der Waals surface area contributed by atoms with Crippen molar-refractivity contribution in [3.05, 3.63) is 28.0 Å². The molecule has 0 unspecified atom stereocenters. The number of benzene rings is 1. The monoisotopic (exact) mass is 354 g/mol. The highest BCUT2D eigenvalue weighted by atomic mass is 79.9. The summed E-state index contributed by atoms with van der Waals surface area (Å²) >= 11 is 2.87. The van der Waals surface area contributed by atoms with Crippen molar-refractivity contribution in [2.45, 2.75) is 4.90 Å². The maximum Gasteiger partial charge on any atom is 0.338 e. The Kier molecular flexibility index (Phi) is 4.61. The van der Waals surface area contributed by atoms with Gasteiger partial charge >= 0.3 is 5.97 Å². The summed E-state index contributed by atoms with van der Waals surface area (Å²) in [6.07, 6.45) is 0. The lowest BCUT2D eigenvalue weighted by Crippen LogP contribution is -2.34. The third kappa shape index (κ3) is 3.72. The standard InChI is InChI=1S/C9H8BrFN2O5S/c10-4-1-5(9(15)16)8(11)6(2-4)19(17,18)13-3-7(12)14/h1-2,13H,3H2,(H2,12,14)(H,15,16). The molecular formula is C9H8BrFN2O5S. The Bertz CT molecular complexity index is 646. The van der Waals surface area contributed by atoms with E-state index in [2.05, 4.69) is 15.9 Å². The number of carboxylic acids is 1. The number of carboxylic acid groups (broad SMARTS) is 1. The fourth-order valence-corrected chi connectivity index (χ4v) is 2.88. The first-order valence-electron chi connectivity index (χ1n) is 4.65. The Morgan fingerprint density at radius 3 is 2.47 bits per heavy atom. The number of nitrogens with one attached hydrogen (secondary N) is 1. The summed E-state index contributed by atoms with van der Waals surface area (Å²) in [5.41, 5.74) is 3.95. The molecule has 0 saturated heterocycles. The van der Waals surface area contributed by atoms with E-state index in [0.29, 0.717) is 0 Å². The van der Waals surface area contributed by atoms with Crippen LogP contribution in [-0.2, 0) is 14.8 Å². The number of sulfonamides is 1. The summed E-state index contributed by atoms with van der Waals surface area (Å²) in [6, 6.07) is 1.80. The van der Waals surface area contributed by atoms with Gasteiger partial charge in [0.05, 0.1) is 12.1 Å². The minimum absolute atomic E-state index is 0.0609. The largest absolute Gasteiger partial charge is 0.478 e. The molecule has 0 radical (unpaired) electrons. The predicted octanol–water partition coefficient (Wildman–Crippen LogP) is 0.0500. The van der Waals surface area contributed by atoms with E-state index < -0.39 is 44.7 Å². The third-order valence-corrected chi connectivity index (χ3v) is 3.82. The number of aromatic carboxylic acids is 1. The maximum atomic E-state index is 13.8. The molecule has 0 aromatic heterocycles. The second-order valence-corrected chi connectivity index (χ2v) is 6.01. The number of nitrogens with two attached hydrogens (primary N) is 1. The lowest BCUT2D eigenvalue weighted by Gasteiger charge is -2.08. The van der Waals surface area contributed by atoms with Gasteiger partial charge in [-0.1, -0.05) is 15.9 Å². The average molecular weight is 355 g/mol. The first-order chi connectivity index (χ1) is 8.65. The fraction of sp³-hybridized carbons (Fsp3) is 0.111. The molecule has 1 aromatic carbocycles. The van der Waals surface area contributed by atoms with Gasteiger partial charge < -0.3 is 10.8 Å². The van der Waals surface area contributed by atoms with Crippen LogP contribution in [0.1, 0.15) is 10.4 Å². The third-order valence-electron chi connectivity index (χ3n) is 1.96. The molecule has 0 aliphatic carbocycles. The van der Waals surface area contributed by atoms with E-state index in [-0.39, 0.29) is 4.47 Å². The van der Waals surface area contributed by atoms with Crippen LogP contribution in [0.25, 0.3) is 0 Å². The summed E-state index contributed by atoms with van der Waals surface area (Å²) in [6.45, 7) is -0.726. The lowest BCUT2D eigenvalue weighted by molar-refractivity contribution is -0.116. The number of primary amides is 1. The molecule has 7 nitrogen and oxygen atoms in total. The van der Waals surface area contributed by atoms with Crippen LogP contribution >= 0.6 is 15.9 Å². The molecule has 0 aliphatic heterocycles. The summed E-state index contributed by atoms with van der Waals surface area (Å²) < 4.78 is 39.0. The van der Waals surface area contributed by atoms with Crippen molar-refractivity contribution in [3.63, 3.8) is 0 Å². The van der Waals surface area contributed by atoms with E-state index in [9.17, 15) is 22.4 Å². The molecule has 0 fully saturated rings. The van der Waals surface area contributed by atoms with Gasteiger partial charge in [-0.05, 0) is 12.1 Å². The second kappa shape index (κ2) is 5.63. The van der Waals surface area contributed by atoms with Crippen LogP contribution in [0.3, 0.4) is 0 Å². The number of halogens is 2.